The van der Waals surface area contributed by atoms with Crippen molar-refractivity contribution < 1.29 is 8.42 Å². The molecule has 0 radical (unpaired) electrons. The van der Waals surface area contributed by atoms with Gasteiger partial charge in [-0.15, -0.1) is 0 Å². The van der Waals surface area contributed by atoms with Gasteiger partial charge in [-0.1, -0.05) is 30.3 Å². The minimum Gasteiger partial charge on any atom is -0.299 e. The number of hydrogen-bond donors (Lipinski definition) is 0. The first kappa shape index (κ1) is 18.4. The molecule has 0 saturated carbocycles. The molecule has 0 N–H and O–H groups in total. The van der Waals surface area contributed by atoms with Crippen molar-refractivity contribution in [3.05, 3.63) is 35.9 Å². The van der Waals surface area contributed by atoms with Crippen LogP contribution in [-0.2, 0) is 16.8 Å². The van der Waals surface area contributed by atoms with Gasteiger partial charge in [0, 0.05) is 32.7 Å². The van der Waals surface area contributed by atoms with Gasteiger partial charge in [0.15, 0.2) is 0 Å². The molecule has 6 heteroatoms. The van der Waals surface area contributed by atoms with E-state index in [2.05, 4.69) is 29.2 Å². The van der Waals surface area contributed by atoms with Gasteiger partial charge in [0.2, 0.25) is 0 Å². The van der Waals surface area contributed by atoms with Gasteiger partial charge in [0.1, 0.15) is 0 Å². The molecule has 0 unspecified atom stereocenters. The summed E-state index contributed by atoms with van der Waals surface area (Å²) in [5, 5.41) is 0. The summed E-state index contributed by atoms with van der Waals surface area (Å²) in [6.45, 7) is 7.83. The zero-order valence-electron chi connectivity index (χ0n) is 14.5. The average Bonchev–Trinajstić information content (AvgIpc) is 2.49. The van der Waals surface area contributed by atoms with Crippen LogP contribution in [-0.4, -0.2) is 61.2 Å². The summed E-state index contributed by atoms with van der Waals surface area (Å²) < 4.78 is 28.3. The van der Waals surface area contributed by atoms with Crippen LogP contribution in [0.25, 0.3) is 0 Å². The summed E-state index contributed by atoms with van der Waals surface area (Å²) in [6, 6.07) is 10.4. The Labute approximate surface area is 141 Å². The molecule has 2 rings (SSSR count). The molecule has 0 bridgehead atoms. The topological polar surface area (TPSA) is 43.9 Å². The fraction of sp³-hybridized carbons (Fsp3) is 0.647. The molecular weight excluding hydrogens is 310 g/mol. The Bertz CT molecular complexity index is 565. The monoisotopic (exact) mass is 339 g/mol. The van der Waals surface area contributed by atoms with E-state index in [1.807, 2.05) is 19.9 Å². The molecule has 0 aromatic heterocycles. The molecule has 0 spiro atoms. The van der Waals surface area contributed by atoms with Crippen LogP contribution in [0.1, 0.15) is 32.3 Å². The lowest BCUT2D eigenvalue weighted by Crippen LogP contribution is -2.47. The number of rotatable bonds is 5. The number of nitrogens with zero attached hydrogens (tertiary/aromatic N) is 3. The highest BCUT2D eigenvalue weighted by atomic mass is 32.2. The molecular formula is C17H29N3O2S. The molecule has 1 saturated heterocycles. The minimum absolute atomic E-state index is 0.0139. The van der Waals surface area contributed by atoms with Gasteiger partial charge in [-0.25, -0.2) is 0 Å². The van der Waals surface area contributed by atoms with Crippen molar-refractivity contribution in [3.63, 3.8) is 0 Å². The third-order valence-corrected chi connectivity index (χ3v) is 6.60. The number of hydrogen-bond acceptors (Lipinski definition) is 3. The van der Waals surface area contributed by atoms with E-state index in [0.717, 1.165) is 32.5 Å². The summed E-state index contributed by atoms with van der Waals surface area (Å²) in [4.78, 5) is 2.42. The van der Waals surface area contributed by atoms with Gasteiger partial charge in [-0.05, 0) is 45.3 Å². The van der Waals surface area contributed by atoms with E-state index in [9.17, 15) is 8.42 Å². The maximum Gasteiger partial charge on any atom is 0.281 e. The zero-order chi connectivity index (χ0) is 16.9. The minimum atomic E-state index is -3.33. The lowest BCUT2D eigenvalue weighted by Gasteiger charge is -2.33. The molecule has 23 heavy (non-hydrogen) atoms. The predicted octanol–water partition coefficient (Wildman–Crippen LogP) is 2.17. The van der Waals surface area contributed by atoms with Crippen LogP contribution < -0.4 is 0 Å². The molecule has 130 valence electrons. The van der Waals surface area contributed by atoms with E-state index in [4.69, 9.17) is 0 Å². The summed E-state index contributed by atoms with van der Waals surface area (Å²) in [7, 11) is -1.66. The van der Waals surface area contributed by atoms with Gasteiger partial charge >= 0.3 is 0 Å². The van der Waals surface area contributed by atoms with Gasteiger partial charge in [-0.3, -0.25) is 4.90 Å². The highest BCUT2D eigenvalue weighted by Crippen LogP contribution is 2.15. The molecule has 1 aromatic carbocycles. The molecule has 1 aromatic rings. The fourth-order valence-electron chi connectivity index (χ4n) is 2.84. The molecule has 0 aliphatic carbocycles. The van der Waals surface area contributed by atoms with E-state index in [1.165, 1.54) is 9.87 Å². The quantitative estimate of drug-likeness (QED) is 0.826. The Hall–Kier alpha value is -0.950. The maximum absolute atomic E-state index is 12.6. The van der Waals surface area contributed by atoms with Gasteiger partial charge < -0.3 is 0 Å². The Balaban J connectivity index is 1.92. The van der Waals surface area contributed by atoms with Crippen molar-refractivity contribution in [2.24, 2.45) is 0 Å². The summed E-state index contributed by atoms with van der Waals surface area (Å²) in [5.74, 6) is 0. The van der Waals surface area contributed by atoms with Crippen LogP contribution in [0.5, 0.6) is 0 Å². The largest absolute Gasteiger partial charge is 0.299 e. The second-order valence-corrected chi connectivity index (χ2v) is 8.47. The molecule has 1 aliphatic rings. The first-order valence-corrected chi connectivity index (χ1v) is 9.80. The highest BCUT2D eigenvalue weighted by Gasteiger charge is 2.29. The van der Waals surface area contributed by atoms with Crippen LogP contribution in [0.2, 0.25) is 0 Å². The lowest BCUT2D eigenvalue weighted by molar-refractivity contribution is 0.213. The van der Waals surface area contributed by atoms with Crippen molar-refractivity contribution in [3.8, 4) is 0 Å². The molecule has 1 aliphatic heterocycles. The second kappa shape index (κ2) is 8.24. The van der Waals surface area contributed by atoms with Crippen LogP contribution in [0.4, 0.5) is 0 Å². The normalized spacial score (nSPS) is 19.0. The van der Waals surface area contributed by atoms with Crippen LogP contribution in [0.15, 0.2) is 30.3 Å². The summed E-state index contributed by atoms with van der Waals surface area (Å²) in [6.07, 6.45) is 1.75. The highest BCUT2D eigenvalue weighted by molar-refractivity contribution is 7.86. The first-order valence-electron chi connectivity index (χ1n) is 8.40. The van der Waals surface area contributed by atoms with E-state index in [-0.39, 0.29) is 6.04 Å². The van der Waals surface area contributed by atoms with Gasteiger partial charge in [0.05, 0.1) is 0 Å². The van der Waals surface area contributed by atoms with Gasteiger partial charge in [0.25, 0.3) is 10.2 Å². The van der Waals surface area contributed by atoms with Crippen LogP contribution in [0, 0.1) is 0 Å². The zero-order valence-corrected chi connectivity index (χ0v) is 15.3. The van der Waals surface area contributed by atoms with E-state index < -0.39 is 10.2 Å². The fourth-order valence-corrected chi connectivity index (χ4v) is 4.46. The lowest BCUT2D eigenvalue weighted by atomic mass is 10.2. The van der Waals surface area contributed by atoms with Crippen molar-refractivity contribution in [1.29, 1.82) is 0 Å². The summed E-state index contributed by atoms with van der Waals surface area (Å²) in [5.41, 5.74) is 1.32. The standard InChI is InChI=1S/C17H29N3O2S/c1-16(2)18(3)23(21,22)20-13-7-11-19(12-8-14-20)15-17-9-5-4-6-10-17/h4-6,9-10,16H,7-8,11-15H2,1-3H3. The van der Waals surface area contributed by atoms with Crippen molar-refractivity contribution in [2.45, 2.75) is 39.3 Å². The Morgan fingerprint density at radius 1 is 1.04 bits per heavy atom. The smallest absolute Gasteiger partial charge is 0.281 e. The Morgan fingerprint density at radius 3 is 2.13 bits per heavy atom. The maximum atomic E-state index is 12.6. The molecule has 1 heterocycles. The van der Waals surface area contributed by atoms with Crippen LogP contribution >= 0.6 is 0 Å². The predicted molar refractivity (Wildman–Crippen MR) is 94.3 cm³/mol. The van der Waals surface area contributed by atoms with Crippen molar-refractivity contribution >= 4 is 10.2 Å². The molecule has 0 amide bonds. The van der Waals surface area contributed by atoms with E-state index >= 15 is 0 Å². The van der Waals surface area contributed by atoms with Crippen LogP contribution in [0.3, 0.4) is 0 Å². The molecule has 5 nitrogen and oxygen atoms in total. The molecule has 0 atom stereocenters. The van der Waals surface area contributed by atoms with Crippen molar-refractivity contribution in [2.75, 3.05) is 33.2 Å². The van der Waals surface area contributed by atoms with Crippen molar-refractivity contribution in [1.82, 2.24) is 13.5 Å². The Kier molecular flexibility index (Phi) is 6.59. The average molecular weight is 340 g/mol. The van der Waals surface area contributed by atoms with E-state index in [1.54, 1.807) is 11.4 Å². The second-order valence-electron chi connectivity index (χ2n) is 6.49. The third-order valence-electron chi connectivity index (χ3n) is 4.43. The van der Waals surface area contributed by atoms with Gasteiger partial charge in [-0.2, -0.15) is 17.0 Å². The van der Waals surface area contributed by atoms with E-state index in [0.29, 0.717) is 13.1 Å². The third kappa shape index (κ3) is 5.01. The molecule has 1 fully saturated rings. The SMILES string of the molecule is CC(C)N(C)S(=O)(=O)N1CCCN(Cc2ccccc2)CCC1. The number of benzene rings is 1. The first-order chi connectivity index (χ1) is 10.9. The summed E-state index contributed by atoms with van der Waals surface area (Å²) >= 11 is 0. The Morgan fingerprint density at radius 2 is 1.61 bits per heavy atom.